The molecule has 0 saturated carbocycles. The lowest BCUT2D eigenvalue weighted by molar-refractivity contribution is 0.0691. The lowest BCUT2D eigenvalue weighted by Gasteiger charge is -2.38. The summed E-state index contributed by atoms with van der Waals surface area (Å²) in [5.74, 6) is -0.548. The van der Waals surface area contributed by atoms with Crippen molar-refractivity contribution in [1.82, 2.24) is 15.2 Å². The number of carboxylic acids is 1. The van der Waals surface area contributed by atoms with Gasteiger partial charge in [0.2, 0.25) is 0 Å². The predicted octanol–water partition coefficient (Wildman–Crippen LogP) is 2.73. The van der Waals surface area contributed by atoms with Crippen molar-refractivity contribution in [3.05, 3.63) is 16.1 Å². The third kappa shape index (κ3) is 3.53. The van der Waals surface area contributed by atoms with E-state index in [1.54, 1.807) is 0 Å². The van der Waals surface area contributed by atoms with E-state index in [0.717, 1.165) is 19.4 Å². The van der Waals surface area contributed by atoms with Gasteiger partial charge in [0.15, 0.2) is 5.69 Å². The van der Waals surface area contributed by atoms with Gasteiger partial charge in [-0.05, 0) is 32.6 Å². The van der Waals surface area contributed by atoms with E-state index < -0.39 is 5.97 Å². The summed E-state index contributed by atoms with van der Waals surface area (Å²) in [5, 5.41) is 13.9. The second-order valence-electron chi connectivity index (χ2n) is 5.60. The molecule has 116 valence electrons. The van der Waals surface area contributed by atoms with Crippen molar-refractivity contribution in [2.45, 2.75) is 45.7 Å². The fraction of sp³-hybridized carbons (Fsp3) is 0.643. The first kappa shape index (κ1) is 15.8. The Kier molecular flexibility index (Phi) is 4.82. The number of urea groups is 1. The van der Waals surface area contributed by atoms with Crippen LogP contribution in [0.3, 0.4) is 0 Å². The maximum atomic E-state index is 12.4. The molecule has 0 aliphatic carbocycles. The molecule has 1 aromatic rings. The van der Waals surface area contributed by atoms with Gasteiger partial charge in [-0.25, -0.2) is 14.6 Å². The SMILES string of the molecule is CC(NC(=O)N1CCCC(C)C1C)c1nc(C(=O)O)cs1. The van der Waals surface area contributed by atoms with Gasteiger partial charge >= 0.3 is 12.0 Å². The average molecular weight is 311 g/mol. The van der Waals surface area contributed by atoms with Gasteiger partial charge < -0.3 is 15.3 Å². The standard InChI is InChI=1S/C14H21N3O3S/c1-8-5-4-6-17(10(8)3)14(20)15-9(2)12-16-11(7-21-12)13(18)19/h7-10H,4-6H2,1-3H3,(H,15,20)(H,18,19). The number of piperidine rings is 1. The topological polar surface area (TPSA) is 82.5 Å². The number of hydrogen-bond donors (Lipinski definition) is 2. The molecular formula is C14H21N3O3S. The molecule has 2 rings (SSSR count). The number of nitrogens with zero attached hydrogens (tertiary/aromatic N) is 2. The summed E-state index contributed by atoms with van der Waals surface area (Å²) < 4.78 is 0. The lowest BCUT2D eigenvalue weighted by atomic mass is 9.92. The van der Waals surface area contributed by atoms with Crippen molar-refractivity contribution < 1.29 is 14.7 Å². The van der Waals surface area contributed by atoms with Gasteiger partial charge in [0.05, 0.1) is 6.04 Å². The van der Waals surface area contributed by atoms with Crippen LogP contribution in [0, 0.1) is 5.92 Å². The van der Waals surface area contributed by atoms with E-state index in [0.29, 0.717) is 10.9 Å². The molecule has 0 bridgehead atoms. The molecule has 1 aliphatic rings. The highest BCUT2D eigenvalue weighted by atomic mass is 32.1. The summed E-state index contributed by atoms with van der Waals surface area (Å²) in [6, 6.07) is -0.175. The molecule has 2 N–H and O–H groups in total. The molecule has 7 heteroatoms. The zero-order chi connectivity index (χ0) is 15.6. The quantitative estimate of drug-likeness (QED) is 0.899. The zero-order valence-electron chi connectivity index (χ0n) is 12.5. The fourth-order valence-corrected chi connectivity index (χ4v) is 3.34. The van der Waals surface area contributed by atoms with Crippen LogP contribution in [0.15, 0.2) is 5.38 Å². The molecule has 1 fully saturated rings. The number of nitrogens with one attached hydrogen (secondary N) is 1. The first-order chi connectivity index (χ1) is 9.90. The highest BCUT2D eigenvalue weighted by molar-refractivity contribution is 7.09. The Morgan fingerprint density at radius 1 is 1.52 bits per heavy atom. The summed E-state index contributed by atoms with van der Waals surface area (Å²) in [6.45, 7) is 6.82. The largest absolute Gasteiger partial charge is 0.476 e. The van der Waals surface area contributed by atoms with Crippen molar-refractivity contribution >= 4 is 23.3 Å². The molecule has 0 radical (unpaired) electrons. The monoisotopic (exact) mass is 311 g/mol. The van der Waals surface area contributed by atoms with Gasteiger partial charge in [0, 0.05) is 18.0 Å². The Hall–Kier alpha value is -1.63. The van der Waals surface area contributed by atoms with Crippen LogP contribution in [0.4, 0.5) is 4.79 Å². The fourth-order valence-electron chi connectivity index (χ4n) is 2.54. The van der Waals surface area contributed by atoms with Crippen LogP contribution in [0.5, 0.6) is 0 Å². The predicted molar refractivity (Wildman–Crippen MR) is 80.6 cm³/mol. The number of aromatic nitrogens is 1. The lowest BCUT2D eigenvalue weighted by Crippen LogP contribution is -2.50. The Bertz CT molecular complexity index is 531. The van der Waals surface area contributed by atoms with E-state index in [9.17, 15) is 9.59 Å². The van der Waals surface area contributed by atoms with Crippen LogP contribution < -0.4 is 5.32 Å². The maximum absolute atomic E-state index is 12.4. The molecule has 1 saturated heterocycles. The van der Waals surface area contributed by atoms with Gasteiger partial charge in [-0.2, -0.15) is 0 Å². The van der Waals surface area contributed by atoms with Crippen molar-refractivity contribution in [2.24, 2.45) is 5.92 Å². The number of aromatic carboxylic acids is 1. The normalized spacial score (nSPS) is 23.7. The molecular weight excluding hydrogens is 290 g/mol. The summed E-state index contributed by atoms with van der Waals surface area (Å²) in [6.07, 6.45) is 2.17. The van der Waals surface area contributed by atoms with Crippen molar-refractivity contribution in [2.75, 3.05) is 6.54 Å². The van der Waals surface area contributed by atoms with Crippen molar-refractivity contribution in [3.8, 4) is 0 Å². The van der Waals surface area contributed by atoms with Gasteiger partial charge in [0.1, 0.15) is 5.01 Å². The second kappa shape index (κ2) is 6.43. The average Bonchev–Trinajstić information content (AvgIpc) is 2.91. The minimum absolute atomic E-state index is 0.0241. The van der Waals surface area contributed by atoms with Crippen LogP contribution >= 0.6 is 11.3 Å². The highest BCUT2D eigenvalue weighted by Crippen LogP contribution is 2.24. The van der Waals surface area contributed by atoms with E-state index in [2.05, 4.69) is 24.1 Å². The highest BCUT2D eigenvalue weighted by Gasteiger charge is 2.29. The van der Waals surface area contributed by atoms with Gasteiger partial charge in [0.25, 0.3) is 0 Å². The van der Waals surface area contributed by atoms with Crippen molar-refractivity contribution in [3.63, 3.8) is 0 Å². The number of hydrogen-bond acceptors (Lipinski definition) is 4. The Balaban J connectivity index is 1.99. The number of likely N-dealkylation sites (tertiary alicyclic amines) is 1. The summed E-state index contributed by atoms with van der Waals surface area (Å²) in [4.78, 5) is 29.1. The van der Waals surface area contributed by atoms with Crippen LogP contribution in [0.1, 0.15) is 55.2 Å². The number of amides is 2. The maximum Gasteiger partial charge on any atom is 0.355 e. The molecule has 1 aromatic heterocycles. The van der Waals surface area contributed by atoms with Crippen LogP contribution in [-0.2, 0) is 0 Å². The molecule has 0 spiro atoms. The van der Waals surface area contributed by atoms with E-state index in [1.165, 1.54) is 16.7 Å². The molecule has 3 atom stereocenters. The summed E-state index contributed by atoms with van der Waals surface area (Å²) in [7, 11) is 0. The first-order valence-corrected chi connectivity index (χ1v) is 8.04. The van der Waals surface area contributed by atoms with Crippen LogP contribution in [0.2, 0.25) is 0 Å². The second-order valence-corrected chi connectivity index (χ2v) is 6.49. The smallest absolute Gasteiger partial charge is 0.355 e. The Morgan fingerprint density at radius 3 is 2.86 bits per heavy atom. The third-order valence-electron chi connectivity index (χ3n) is 4.09. The van der Waals surface area contributed by atoms with Crippen LogP contribution in [-0.4, -0.2) is 39.6 Å². The number of carboxylic acid groups (broad SMARTS) is 1. The Morgan fingerprint density at radius 2 is 2.24 bits per heavy atom. The zero-order valence-corrected chi connectivity index (χ0v) is 13.3. The Labute approximate surface area is 128 Å². The molecule has 2 heterocycles. The number of carbonyl (C=O) groups is 2. The first-order valence-electron chi connectivity index (χ1n) is 7.16. The molecule has 0 aromatic carbocycles. The van der Waals surface area contributed by atoms with E-state index >= 15 is 0 Å². The molecule has 1 aliphatic heterocycles. The summed E-state index contributed by atoms with van der Waals surface area (Å²) >= 11 is 1.25. The minimum atomic E-state index is -1.05. The number of thiazole rings is 1. The third-order valence-corrected chi connectivity index (χ3v) is 5.11. The number of rotatable bonds is 3. The van der Waals surface area contributed by atoms with Gasteiger partial charge in [-0.1, -0.05) is 6.92 Å². The molecule has 21 heavy (non-hydrogen) atoms. The van der Waals surface area contributed by atoms with E-state index in [1.807, 2.05) is 11.8 Å². The molecule has 3 unspecified atom stereocenters. The van der Waals surface area contributed by atoms with E-state index in [-0.39, 0.29) is 23.8 Å². The van der Waals surface area contributed by atoms with Gasteiger partial charge in [-0.15, -0.1) is 11.3 Å². The van der Waals surface area contributed by atoms with Crippen LogP contribution in [0.25, 0.3) is 0 Å². The van der Waals surface area contributed by atoms with Crippen molar-refractivity contribution in [1.29, 1.82) is 0 Å². The molecule has 2 amide bonds. The molecule has 6 nitrogen and oxygen atoms in total. The minimum Gasteiger partial charge on any atom is -0.476 e. The number of carbonyl (C=O) groups excluding carboxylic acids is 1. The van der Waals surface area contributed by atoms with E-state index in [4.69, 9.17) is 5.11 Å². The van der Waals surface area contributed by atoms with Gasteiger partial charge in [-0.3, -0.25) is 0 Å². The summed E-state index contributed by atoms with van der Waals surface area (Å²) in [5.41, 5.74) is 0.0241.